The molecule has 0 aromatic heterocycles. The summed E-state index contributed by atoms with van der Waals surface area (Å²) in [5, 5.41) is 0. The van der Waals surface area contributed by atoms with Crippen LogP contribution in [0.2, 0.25) is 0 Å². The zero-order valence-corrected chi connectivity index (χ0v) is 9.05. The molecule has 1 saturated carbocycles. The molecule has 2 heteroatoms. The van der Waals surface area contributed by atoms with E-state index in [4.69, 9.17) is 0 Å². The normalized spacial score (nSPS) is 17.0. The number of nitrogens with zero attached hydrogens (tertiary/aromatic N) is 1. The molecule has 0 radical (unpaired) electrons. The van der Waals surface area contributed by atoms with Gasteiger partial charge in [-0.25, -0.2) is 0 Å². The SMILES string of the molecule is CCCN(CC(=O)C1CC1)C(C)C. The topological polar surface area (TPSA) is 20.3 Å². The molecule has 1 aliphatic carbocycles. The molecule has 0 saturated heterocycles. The predicted molar refractivity (Wildman–Crippen MR) is 54.7 cm³/mol. The van der Waals surface area contributed by atoms with Crippen molar-refractivity contribution in [2.24, 2.45) is 5.92 Å². The summed E-state index contributed by atoms with van der Waals surface area (Å²) in [6.45, 7) is 8.22. The molecule has 13 heavy (non-hydrogen) atoms. The fourth-order valence-corrected chi connectivity index (χ4v) is 1.54. The van der Waals surface area contributed by atoms with Crippen LogP contribution in [0.1, 0.15) is 40.0 Å². The van der Waals surface area contributed by atoms with Crippen LogP contribution in [0.5, 0.6) is 0 Å². The van der Waals surface area contributed by atoms with Gasteiger partial charge < -0.3 is 0 Å². The number of hydrogen-bond acceptors (Lipinski definition) is 2. The second-order valence-corrected chi connectivity index (χ2v) is 4.30. The van der Waals surface area contributed by atoms with Crippen molar-refractivity contribution in [3.05, 3.63) is 0 Å². The number of rotatable bonds is 6. The lowest BCUT2D eigenvalue weighted by Crippen LogP contribution is -2.36. The third kappa shape index (κ3) is 3.47. The molecule has 1 rings (SSSR count). The van der Waals surface area contributed by atoms with E-state index in [0.29, 0.717) is 24.3 Å². The van der Waals surface area contributed by atoms with Crippen molar-refractivity contribution in [1.82, 2.24) is 4.90 Å². The minimum Gasteiger partial charge on any atom is -0.298 e. The Balaban J connectivity index is 2.31. The Kier molecular flexibility index (Phi) is 3.91. The number of carbonyl (C=O) groups excluding carboxylic acids is 1. The fourth-order valence-electron chi connectivity index (χ4n) is 1.54. The maximum absolute atomic E-state index is 11.6. The molecule has 0 aromatic rings. The molecule has 0 N–H and O–H groups in total. The van der Waals surface area contributed by atoms with Crippen LogP contribution in [0.3, 0.4) is 0 Å². The number of hydrogen-bond donors (Lipinski definition) is 0. The van der Waals surface area contributed by atoms with E-state index in [1.807, 2.05) is 0 Å². The van der Waals surface area contributed by atoms with E-state index in [2.05, 4.69) is 25.7 Å². The van der Waals surface area contributed by atoms with Crippen molar-refractivity contribution in [3.63, 3.8) is 0 Å². The summed E-state index contributed by atoms with van der Waals surface area (Å²) in [5.41, 5.74) is 0. The van der Waals surface area contributed by atoms with E-state index in [1.165, 1.54) is 0 Å². The Hall–Kier alpha value is -0.370. The standard InChI is InChI=1S/C11H21NO/c1-4-7-12(9(2)3)8-11(13)10-5-6-10/h9-10H,4-8H2,1-3H3. The van der Waals surface area contributed by atoms with Gasteiger partial charge >= 0.3 is 0 Å². The highest BCUT2D eigenvalue weighted by atomic mass is 16.1. The molecule has 0 bridgehead atoms. The molecule has 2 nitrogen and oxygen atoms in total. The average Bonchev–Trinajstić information content (AvgIpc) is 2.85. The van der Waals surface area contributed by atoms with E-state index < -0.39 is 0 Å². The summed E-state index contributed by atoms with van der Waals surface area (Å²) >= 11 is 0. The average molecular weight is 183 g/mol. The largest absolute Gasteiger partial charge is 0.298 e. The second-order valence-electron chi connectivity index (χ2n) is 4.30. The predicted octanol–water partition coefficient (Wildman–Crippen LogP) is 2.09. The van der Waals surface area contributed by atoms with Gasteiger partial charge in [0.2, 0.25) is 0 Å². The van der Waals surface area contributed by atoms with E-state index >= 15 is 0 Å². The van der Waals surface area contributed by atoms with Gasteiger partial charge in [-0.1, -0.05) is 6.92 Å². The Labute approximate surface area is 81.3 Å². The molecule has 76 valence electrons. The van der Waals surface area contributed by atoms with Gasteiger partial charge in [-0.05, 0) is 39.7 Å². The van der Waals surface area contributed by atoms with Gasteiger partial charge in [0.25, 0.3) is 0 Å². The number of carbonyl (C=O) groups is 1. The minimum atomic E-state index is 0.415. The highest BCUT2D eigenvalue weighted by Gasteiger charge is 2.30. The third-order valence-electron chi connectivity index (χ3n) is 2.63. The molecule has 0 aliphatic heterocycles. The zero-order valence-electron chi connectivity index (χ0n) is 9.05. The quantitative estimate of drug-likeness (QED) is 0.628. The molecule has 1 fully saturated rings. The first-order valence-electron chi connectivity index (χ1n) is 5.42. The van der Waals surface area contributed by atoms with E-state index in [-0.39, 0.29) is 0 Å². The van der Waals surface area contributed by atoms with Crippen LogP contribution in [-0.4, -0.2) is 29.8 Å². The summed E-state index contributed by atoms with van der Waals surface area (Å²) in [6.07, 6.45) is 3.41. The summed E-state index contributed by atoms with van der Waals surface area (Å²) in [7, 11) is 0. The Bertz CT molecular complexity index is 173. The van der Waals surface area contributed by atoms with Crippen molar-refractivity contribution in [1.29, 1.82) is 0 Å². The molecule has 0 unspecified atom stereocenters. The molecule has 0 atom stereocenters. The molecule has 0 heterocycles. The summed E-state index contributed by atoms with van der Waals surface area (Å²) in [5.74, 6) is 0.875. The molecule has 0 spiro atoms. The monoisotopic (exact) mass is 183 g/mol. The van der Waals surface area contributed by atoms with Crippen molar-refractivity contribution in [2.45, 2.75) is 46.1 Å². The first-order chi connectivity index (χ1) is 6.15. The molecule has 1 aliphatic rings. The smallest absolute Gasteiger partial charge is 0.149 e. The van der Waals surface area contributed by atoms with Gasteiger partial charge in [-0.2, -0.15) is 0 Å². The highest BCUT2D eigenvalue weighted by molar-refractivity contribution is 5.85. The van der Waals surface area contributed by atoms with Crippen molar-refractivity contribution >= 4 is 5.78 Å². The van der Waals surface area contributed by atoms with Crippen molar-refractivity contribution in [2.75, 3.05) is 13.1 Å². The van der Waals surface area contributed by atoms with Gasteiger partial charge in [0.15, 0.2) is 0 Å². The Morgan fingerprint density at radius 2 is 2.08 bits per heavy atom. The van der Waals surface area contributed by atoms with E-state index in [9.17, 15) is 4.79 Å². The van der Waals surface area contributed by atoms with E-state index in [0.717, 1.165) is 25.8 Å². The summed E-state index contributed by atoms with van der Waals surface area (Å²) < 4.78 is 0. The maximum Gasteiger partial charge on any atom is 0.149 e. The van der Waals surface area contributed by atoms with E-state index in [1.54, 1.807) is 0 Å². The van der Waals surface area contributed by atoms with Gasteiger partial charge in [-0.3, -0.25) is 9.69 Å². The van der Waals surface area contributed by atoms with Crippen LogP contribution < -0.4 is 0 Å². The molecular weight excluding hydrogens is 162 g/mol. The first-order valence-corrected chi connectivity index (χ1v) is 5.42. The first kappa shape index (κ1) is 10.7. The van der Waals surface area contributed by atoms with Crippen LogP contribution in [0.4, 0.5) is 0 Å². The van der Waals surface area contributed by atoms with Crippen LogP contribution in [-0.2, 0) is 4.79 Å². The lowest BCUT2D eigenvalue weighted by atomic mass is 10.2. The maximum atomic E-state index is 11.6. The third-order valence-corrected chi connectivity index (χ3v) is 2.63. The lowest BCUT2D eigenvalue weighted by molar-refractivity contribution is -0.121. The highest BCUT2D eigenvalue weighted by Crippen LogP contribution is 2.30. The van der Waals surface area contributed by atoms with Crippen molar-refractivity contribution in [3.8, 4) is 0 Å². The van der Waals surface area contributed by atoms with Crippen LogP contribution in [0, 0.1) is 5.92 Å². The van der Waals surface area contributed by atoms with Gasteiger partial charge in [-0.15, -0.1) is 0 Å². The van der Waals surface area contributed by atoms with Gasteiger partial charge in [0.1, 0.15) is 5.78 Å². The van der Waals surface area contributed by atoms with Crippen LogP contribution in [0.25, 0.3) is 0 Å². The minimum absolute atomic E-state index is 0.415. The summed E-state index contributed by atoms with van der Waals surface area (Å²) in [4.78, 5) is 13.8. The number of ketones is 1. The van der Waals surface area contributed by atoms with Crippen LogP contribution in [0.15, 0.2) is 0 Å². The fraction of sp³-hybridized carbons (Fsp3) is 0.909. The number of Topliss-reactive ketones (excluding diaryl/α,β-unsaturated/α-hetero) is 1. The van der Waals surface area contributed by atoms with Crippen LogP contribution >= 0.6 is 0 Å². The van der Waals surface area contributed by atoms with Crippen molar-refractivity contribution < 1.29 is 4.79 Å². The zero-order chi connectivity index (χ0) is 9.84. The summed E-state index contributed by atoms with van der Waals surface area (Å²) in [6, 6.07) is 0.502. The lowest BCUT2D eigenvalue weighted by Gasteiger charge is -2.24. The second kappa shape index (κ2) is 4.75. The Morgan fingerprint density at radius 1 is 1.46 bits per heavy atom. The van der Waals surface area contributed by atoms with Gasteiger partial charge in [0, 0.05) is 12.0 Å². The molecular formula is C11H21NO. The molecule has 0 amide bonds. The molecule has 0 aromatic carbocycles. The van der Waals surface area contributed by atoms with Gasteiger partial charge in [0.05, 0.1) is 6.54 Å². The Morgan fingerprint density at radius 3 is 2.46 bits per heavy atom.